The normalized spacial score (nSPS) is 17.2. The van der Waals surface area contributed by atoms with Gasteiger partial charge >= 0.3 is 0 Å². The van der Waals surface area contributed by atoms with Crippen LogP contribution in [0.5, 0.6) is 5.88 Å². The molecule has 1 aliphatic rings. The van der Waals surface area contributed by atoms with E-state index in [1.165, 1.54) is 5.56 Å². The van der Waals surface area contributed by atoms with Crippen molar-refractivity contribution in [3.63, 3.8) is 0 Å². The van der Waals surface area contributed by atoms with Crippen molar-refractivity contribution >= 4 is 0 Å². The van der Waals surface area contributed by atoms with E-state index in [4.69, 9.17) is 10.00 Å². The van der Waals surface area contributed by atoms with E-state index >= 15 is 0 Å². The molecule has 0 N–H and O–H groups in total. The quantitative estimate of drug-likeness (QED) is 0.840. The van der Waals surface area contributed by atoms with Gasteiger partial charge in [-0.3, -0.25) is 4.90 Å². The molecule has 3 rings (SSSR count). The van der Waals surface area contributed by atoms with Crippen LogP contribution in [-0.4, -0.2) is 29.6 Å². The molecule has 1 aliphatic heterocycles. The van der Waals surface area contributed by atoms with E-state index in [-0.39, 0.29) is 0 Å². The molecular formula is C20H23N3O. The molecule has 4 heteroatoms. The van der Waals surface area contributed by atoms with Gasteiger partial charge in [0.2, 0.25) is 5.88 Å². The summed E-state index contributed by atoms with van der Waals surface area (Å²) in [6, 6.07) is 16.7. The highest BCUT2D eigenvalue weighted by atomic mass is 16.5. The molecule has 0 radical (unpaired) electrons. The summed E-state index contributed by atoms with van der Waals surface area (Å²) in [5, 5.41) is 9.08. The number of aromatic nitrogens is 1. The topological polar surface area (TPSA) is 49.1 Å². The van der Waals surface area contributed by atoms with Crippen molar-refractivity contribution in [1.29, 1.82) is 5.26 Å². The third-order valence-electron chi connectivity index (χ3n) is 4.83. The van der Waals surface area contributed by atoms with E-state index < -0.39 is 0 Å². The first kappa shape index (κ1) is 16.5. The van der Waals surface area contributed by atoms with E-state index in [1.807, 2.05) is 0 Å². The fourth-order valence-corrected chi connectivity index (χ4v) is 3.24. The lowest BCUT2D eigenvalue weighted by molar-refractivity contribution is 0.111. The van der Waals surface area contributed by atoms with Gasteiger partial charge in [0.1, 0.15) is 11.6 Å². The predicted octanol–water partition coefficient (Wildman–Crippen LogP) is 3.81. The molecule has 24 heavy (non-hydrogen) atoms. The number of benzene rings is 1. The summed E-state index contributed by atoms with van der Waals surface area (Å²) in [6.07, 6.45) is 3.90. The molecule has 4 nitrogen and oxygen atoms in total. The lowest BCUT2D eigenvalue weighted by Gasteiger charge is -2.36. The maximum Gasteiger partial charge on any atom is 0.231 e. The third-order valence-corrected chi connectivity index (χ3v) is 4.83. The Morgan fingerprint density at radius 1 is 1.21 bits per heavy atom. The van der Waals surface area contributed by atoms with E-state index in [1.54, 1.807) is 18.3 Å². The lowest BCUT2D eigenvalue weighted by atomic mass is 9.95. The molecule has 124 valence electrons. The summed E-state index contributed by atoms with van der Waals surface area (Å²) in [5.74, 6) is 0.984. The zero-order chi connectivity index (χ0) is 16.8. The Labute approximate surface area is 143 Å². The van der Waals surface area contributed by atoms with Crippen LogP contribution < -0.4 is 4.74 Å². The summed E-state index contributed by atoms with van der Waals surface area (Å²) in [7, 11) is 0. The number of piperidine rings is 1. The zero-order valence-corrected chi connectivity index (χ0v) is 14.1. The molecule has 1 atom stereocenters. The first-order valence-electron chi connectivity index (χ1n) is 8.55. The number of rotatable bonds is 5. The number of nitrogens with zero attached hydrogens (tertiary/aromatic N) is 3. The number of ether oxygens (including phenoxy) is 1. The molecule has 1 unspecified atom stereocenters. The van der Waals surface area contributed by atoms with Gasteiger partial charge in [-0.05, 0) is 56.5 Å². The van der Waals surface area contributed by atoms with Gasteiger partial charge in [-0.25, -0.2) is 4.98 Å². The van der Waals surface area contributed by atoms with Crippen LogP contribution in [0, 0.1) is 17.2 Å². The molecule has 1 aromatic heterocycles. The van der Waals surface area contributed by atoms with Crippen LogP contribution in [0.2, 0.25) is 0 Å². The fourth-order valence-electron chi connectivity index (χ4n) is 3.24. The molecule has 0 spiro atoms. The summed E-state index contributed by atoms with van der Waals surface area (Å²) in [6.45, 7) is 5.08. The van der Waals surface area contributed by atoms with Crippen molar-refractivity contribution < 1.29 is 4.74 Å². The molecule has 0 saturated carbocycles. The highest BCUT2D eigenvalue weighted by Gasteiger charge is 2.24. The average molecular weight is 321 g/mol. The van der Waals surface area contributed by atoms with E-state index in [0.29, 0.717) is 30.0 Å². The van der Waals surface area contributed by atoms with Gasteiger partial charge in [0.25, 0.3) is 0 Å². The van der Waals surface area contributed by atoms with Crippen LogP contribution in [0.25, 0.3) is 0 Å². The smallest absolute Gasteiger partial charge is 0.231 e. The molecule has 1 aromatic carbocycles. The first-order chi connectivity index (χ1) is 11.8. The minimum Gasteiger partial charge on any atom is -0.476 e. The van der Waals surface area contributed by atoms with Crippen LogP contribution in [0.1, 0.15) is 36.9 Å². The molecular weight excluding hydrogens is 298 g/mol. The van der Waals surface area contributed by atoms with Gasteiger partial charge in [0.05, 0.1) is 6.61 Å². The van der Waals surface area contributed by atoms with Crippen LogP contribution in [-0.2, 0) is 0 Å². The Bertz CT molecular complexity index is 688. The number of hydrogen-bond donors (Lipinski definition) is 0. The summed E-state index contributed by atoms with van der Waals surface area (Å²) in [5.41, 5.74) is 1.88. The maximum atomic E-state index is 9.08. The van der Waals surface area contributed by atoms with Crippen LogP contribution in [0.3, 0.4) is 0 Å². The molecule has 1 saturated heterocycles. The Hall–Kier alpha value is -2.38. The van der Waals surface area contributed by atoms with Gasteiger partial charge < -0.3 is 4.74 Å². The summed E-state index contributed by atoms with van der Waals surface area (Å²) < 4.78 is 5.80. The molecule has 2 aromatic rings. The maximum absolute atomic E-state index is 9.08. The number of likely N-dealkylation sites (tertiary alicyclic amines) is 1. The van der Waals surface area contributed by atoms with Crippen LogP contribution in [0.4, 0.5) is 0 Å². The summed E-state index contributed by atoms with van der Waals surface area (Å²) >= 11 is 0. The van der Waals surface area contributed by atoms with Crippen molar-refractivity contribution in [3.05, 3.63) is 59.8 Å². The third kappa shape index (κ3) is 3.93. The van der Waals surface area contributed by atoms with Gasteiger partial charge in [-0.2, -0.15) is 5.26 Å². The Kier molecular flexibility index (Phi) is 5.45. The minimum absolute atomic E-state index is 0.453. The second-order valence-electron chi connectivity index (χ2n) is 6.34. The second kappa shape index (κ2) is 7.94. The highest BCUT2D eigenvalue weighted by molar-refractivity contribution is 5.36. The van der Waals surface area contributed by atoms with Crippen LogP contribution in [0.15, 0.2) is 48.7 Å². The van der Waals surface area contributed by atoms with Crippen LogP contribution >= 0.6 is 0 Å². The number of hydrogen-bond acceptors (Lipinski definition) is 4. The standard InChI is InChI=1S/C20H23N3O/c1-16(18-6-3-2-4-7-18)23-12-9-17(10-13-23)15-24-20-19(14-21)8-5-11-22-20/h2-8,11,16-17H,9-10,12-13,15H2,1H3. The lowest BCUT2D eigenvalue weighted by Crippen LogP contribution is -2.37. The second-order valence-corrected chi connectivity index (χ2v) is 6.34. The number of nitriles is 1. The minimum atomic E-state index is 0.453. The van der Waals surface area contributed by atoms with E-state index in [0.717, 1.165) is 25.9 Å². The van der Waals surface area contributed by atoms with Crippen molar-refractivity contribution in [1.82, 2.24) is 9.88 Å². The monoisotopic (exact) mass is 321 g/mol. The van der Waals surface area contributed by atoms with Crippen molar-refractivity contribution in [2.75, 3.05) is 19.7 Å². The van der Waals surface area contributed by atoms with Gasteiger partial charge in [-0.15, -0.1) is 0 Å². The van der Waals surface area contributed by atoms with Crippen molar-refractivity contribution in [2.24, 2.45) is 5.92 Å². The Morgan fingerprint density at radius 3 is 2.67 bits per heavy atom. The van der Waals surface area contributed by atoms with Gasteiger partial charge in [-0.1, -0.05) is 30.3 Å². The van der Waals surface area contributed by atoms with Gasteiger partial charge in [0.15, 0.2) is 0 Å². The predicted molar refractivity (Wildman–Crippen MR) is 93.6 cm³/mol. The summed E-state index contributed by atoms with van der Waals surface area (Å²) in [4.78, 5) is 6.70. The number of pyridine rings is 1. The van der Waals surface area contributed by atoms with E-state index in [2.05, 4.69) is 53.2 Å². The zero-order valence-electron chi connectivity index (χ0n) is 14.1. The molecule has 0 amide bonds. The first-order valence-corrected chi connectivity index (χ1v) is 8.55. The van der Waals surface area contributed by atoms with Crippen molar-refractivity contribution in [3.8, 4) is 11.9 Å². The molecule has 0 bridgehead atoms. The highest BCUT2D eigenvalue weighted by Crippen LogP contribution is 2.27. The molecule has 0 aliphatic carbocycles. The fraction of sp³-hybridized carbons (Fsp3) is 0.400. The average Bonchev–Trinajstić information content (AvgIpc) is 2.67. The Balaban J connectivity index is 1.50. The largest absolute Gasteiger partial charge is 0.476 e. The SMILES string of the molecule is CC(c1ccccc1)N1CCC(COc2ncccc2C#N)CC1. The molecule has 2 heterocycles. The van der Waals surface area contributed by atoms with Gasteiger partial charge in [0, 0.05) is 12.2 Å². The van der Waals surface area contributed by atoms with E-state index in [9.17, 15) is 0 Å². The van der Waals surface area contributed by atoms with Crippen molar-refractivity contribution in [2.45, 2.75) is 25.8 Å². The molecule has 1 fully saturated rings. The Morgan fingerprint density at radius 2 is 1.96 bits per heavy atom.